The molecule has 1 aromatic rings. The third-order valence-corrected chi connectivity index (χ3v) is 11.8. The van der Waals surface area contributed by atoms with E-state index in [1.165, 1.54) is 6.07 Å². The summed E-state index contributed by atoms with van der Waals surface area (Å²) in [6.07, 6.45) is -23.4. The molecule has 3 fully saturated rings. The van der Waals surface area contributed by atoms with Crippen molar-refractivity contribution in [3.05, 3.63) is 22.7 Å². The fourth-order valence-electron chi connectivity index (χ4n) is 6.45. The number of ether oxygens (including phenoxy) is 4. The SMILES string of the molecule is CO[C@@H]1O[C@H](COP(=O)(O)OC[C@]2(CCP(=O)(O)OC[C@H]3O[C@@H](n4ccc(N)nc4=O)[C@H](O)[C@@H]3O)C[C@H](O)[C@@H](NC(C)=O)[C@H](C(O)[C@H](O)CO)O2)[C@H](O)[C@H](O)[C@H]1O. The number of aliphatic hydroxyl groups excluding tert-OH is 9. The van der Waals surface area contributed by atoms with Crippen LogP contribution in [0.15, 0.2) is 17.1 Å². The van der Waals surface area contributed by atoms with Crippen molar-refractivity contribution in [3.8, 4) is 0 Å². The van der Waals surface area contributed by atoms with Crippen LogP contribution in [-0.4, -0.2) is 196 Å². The van der Waals surface area contributed by atoms with Crippen LogP contribution in [0.25, 0.3) is 0 Å². The molecule has 328 valence electrons. The first-order chi connectivity index (χ1) is 26.5. The predicted molar refractivity (Wildman–Crippen MR) is 184 cm³/mol. The first kappa shape index (κ1) is 47.6. The number of anilines is 1. The number of nitrogens with one attached hydrogen (secondary N) is 1. The summed E-state index contributed by atoms with van der Waals surface area (Å²) in [5, 5.41) is 95.6. The number of phosphoric acid groups is 1. The van der Waals surface area contributed by atoms with E-state index >= 15 is 0 Å². The lowest BCUT2D eigenvalue weighted by atomic mass is 9.82. The van der Waals surface area contributed by atoms with E-state index in [0.29, 0.717) is 0 Å². The molecule has 57 heavy (non-hydrogen) atoms. The van der Waals surface area contributed by atoms with Crippen LogP contribution in [0.2, 0.25) is 0 Å². The van der Waals surface area contributed by atoms with E-state index in [1.807, 2.05) is 0 Å². The lowest BCUT2D eigenvalue weighted by Gasteiger charge is -2.49. The van der Waals surface area contributed by atoms with E-state index < -0.39 is 164 Å². The number of amides is 1. The highest BCUT2D eigenvalue weighted by molar-refractivity contribution is 7.52. The van der Waals surface area contributed by atoms with Gasteiger partial charge in [0.2, 0.25) is 5.91 Å². The van der Waals surface area contributed by atoms with Crippen LogP contribution in [0.4, 0.5) is 5.82 Å². The lowest BCUT2D eigenvalue weighted by Crippen LogP contribution is -2.66. The van der Waals surface area contributed by atoms with Crippen molar-refractivity contribution < 1.29 is 102 Å². The van der Waals surface area contributed by atoms with Gasteiger partial charge in [0.15, 0.2) is 12.5 Å². The number of nitrogens with two attached hydrogens (primary N) is 1. The minimum absolute atomic E-state index is 0.134. The fourth-order valence-corrected chi connectivity index (χ4v) is 8.46. The Labute approximate surface area is 323 Å². The van der Waals surface area contributed by atoms with Crippen molar-refractivity contribution in [1.82, 2.24) is 14.9 Å². The average molecular weight is 869 g/mol. The Morgan fingerprint density at radius 3 is 2.26 bits per heavy atom. The molecule has 28 heteroatoms. The Morgan fingerprint density at radius 2 is 1.65 bits per heavy atom. The van der Waals surface area contributed by atoms with Crippen molar-refractivity contribution in [3.63, 3.8) is 0 Å². The fraction of sp³-hybridized carbons (Fsp3) is 0.828. The Morgan fingerprint density at radius 1 is 1.02 bits per heavy atom. The minimum Gasteiger partial charge on any atom is -0.394 e. The number of nitrogens with zero attached hydrogens (tertiary/aromatic N) is 2. The summed E-state index contributed by atoms with van der Waals surface area (Å²) < 4.78 is 64.2. The predicted octanol–water partition coefficient (Wildman–Crippen LogP) is -6.27. The molecule has 1 aromatic heterocycles. The number of rotatable bonds is 18. The highest BCUT2D eigenvalue weighted by Crippen LogP contribution is 2.50. The normalized spacial score (nSPS) is 37.8. The van der Waals surface area contributed by atoms with E-state index in [9.17, 15) is 74.5 Å². The smallest absolute Gasteiger partial charge is 0.394 e. The number of aliphatic hydroxyl groups is 9. The summed E-state index contributed by atoms with van der Waals surface area (Å²) in [5.74, 6) is -0.865. The maximum atomic E-state index is 13.4. The average Bonchev–Trinajstić information content (AvgIpc) is 3.43. The molecule has 3 aliphatic heterocycles. The second kappa shape index (κ2) is 19.5. The highest BCUT2D eigenvalue weighted by atomic mass is 31.2. The first-order valence-corrected chi connectivity index (χ1v) is 20.6. The van der Waals surface area contributed by atoms with E-state index in [2.05, 4.69) is 10.3 Å². The van der Waals surface area contributed by atoms with Gasteiger partial charge >= 0.3 is 21.1 Å². The summed E-state index contributed by atoms with van der Waals surface area (Å²) in [5.41, 5.74) is 2.39. The third kappa shape index (κ3) is 11.8. The summed E-state index contributed by atoms with van der Waals surface area (Å²) in [6.45, 7) is -2.84. The summed E-state index contributed by atoms with van der Waals surface area (Å²) >= 11 is 0. The molecule has 14 N–H and O–H groups in total. The van der Waals surface area contributed by atoms with Crippen LogP contribution >= 0.6 is 15.4 Å². The molecule has 0 bridgehead atoms. The minimum atomic E-state index is -5.25. The molecular formula is C29H50N4O22P2. The van der Waals surface area contributed by atoms with Crippen LogP contribution in [-0.2, 0) is 46.4 Å². The van der Waals surface area contributed by atoms with Crippen LogP contribution in [0.5, 0.6) is 0 Å². The second-order valence-electron chi connectivity index (χ2n) is 13.8. The Kier molecular flexibility index (Phi) is 16.3. The number of methoxy groups -OCH3 is 1. The molecule has 3 saturated heterocycles. The topological polar surface area (TPSA) is 411 Å². The van der Waals surface area contributed by atoms with Crippen molar-refractivity contribution in [2.75, 3.05) is 45.4 Å². The zero-order valence-electron chi connectivity index (χ0n) is 30.5. The van der Waals surface area contributed by atoms with Crippen molar-refractivity contribution in [2.24, 2.45) is 0 Å². The van der Waals surface area contributed by atoms with Gasteiger partial charge in [0.25, 0.3) is 0 Å². The van der Waals surface area contributed by atoms with E-state index in [0.717, 1.165) is 24.8 Å². The molecule has 17 atom stereocenters. The summed E-state index contributed by atoms with van der Waals surface area (Å²) in [6, 6.07) is -0.261. The Balaban J connectivity index is 1.52. The van der Waals surface area contributed by atoms with Gasteiger partial charge in [-0.15, -0.1) is 0 Å². The van der Waals surface area contributed by atoms with Crippen LogP contribution in [0, 0.1) is 0 Å². The van der Waals surface area contributed by atoms with Gasteiger partial charge in [-0.2, -0.15) is 4.98 Å². The van der Waals surface area contributed by atoms with Gasteiger partial charge in [-0.05, 0) is 12.5 Å². The number of hydrogen-bond acceptors (Lipinski definition) is 22. The van der Waals surface area contributed by atoms with Gasteiger partial charge in [0.05, 0.1) is 50.3 Å². The van der Waals surface area contributed by atoms with Gasteiger partial charge in [-0.1, -0.05) is 0 Å². The first-order valence-electron chi connectivity index (χ1n) is 17.3. The molecule has 0 radical (unpaired) electrons. The van der Waals surface area contributed by atoms with Gasteiger partial charge in [-0.3, -0.25) is 23.0 Å². The molecule has 0 saturated carbocycles. The Hall–Kier alpha value is -2.11. The number of phosphoric ester groups is 1. The molecular weight excluding hydrogens is 818 g/mol. The third-order valence-electron chi connectivity index (χ3n) is 9.57. The van der Waals surface area contributed by atoms with Gasteiger partial charge in [-0.25, -0.2) is 9.36 Å². The zero-order valence-corrected chi connectivity index (χ0v) is 32.3. The number of carbonyl (C=O) groups excluding carboxylic acids is 1. The van der Waals surface area contributed by atoms with E-state index in [1.54, 1.807) is 0 Å². The summed E-state index contributed by atoms with van der Waals surface area (Å²) in [7, 11) is -8.97. The molecule has 1 amide bonds. The number of aromatic nitrogens is 2. The van der Waals surface area contributed by atoms with Crippen LogP contribution in [0.1, 0.15) is 26.0 Å². The molecule has 0 aromatic carbocycles. The van der Waals surface area contributed by atoms with Crippen molar-refractivity contribution in [1.29, 1.82) is 0 Å². The largest absolute Gasteiger partial charge is 0.472 e. The van der Waals surface area contributed by atoms with Crippen LogP contribution in [0.3, 0.4) is 0 Å². The lowest BCUT2D eigenvalue weighted by molar-refractivity contribution is -0.293. The van der Waals surface area contributed by atoms with Gasteiger partial charge in [0.1, 0.15) is 66.9 Å². The maximum absolute atomic E-state index is 13.4. The zero-order chi connectivity index (χ0) is 42.6. The molecule has 4 heterocycles. The summed E-state index contributed by atoms with van der Waals surface area (Å²) in [4.78, 5) is 49.2. The van der Waals surface area contributed by atoms with Crippen LogP contribution < -0.4 is 16.7 Å². The maximum Gasteiger partial charge on any atom is 0.472 e. The monoisotopic (exact) mass is 868 g/mol. The number of carbonyl (C=O) groups is 1. The van der Waals surface area contributed by atoms with Crippen molar-refractivity contribution in [2.45, 2.75) is 111 Å². The molecule has 3 aliphatic rings. The standard InChI is InChI=1S/C29H50N4O22P2/c1-12(35)31-18-13(36)7-29(55-25(18)19(38)14(37)8-34,11-52-57(47,48)51-10-16-20(39)22(41)24(43)27(49-2)54-16)4-6-56(45,46)50-9-15-21(40)23(42)26(53-15)33-5-3-17(30)32-28(33)44/h3,5,13-16,18-27,34,36-43H,4,6-11H2,1-2H3,(H,31,35)(H,45,46)(H,47,48)(H2,30,32,44)/t13-,14+,15+,16+,18+,19?,20-,21+,22-,23+,24+,25+,26+,27+,29-/m0/s1. The van der Waals surface area contributed by atoms with E-state index in [4.69, 9.17) is 38.3 Å². The molecule has 0 aliphatic carbocycles. The molecule has 0 spiro atoms. The number of nitrogen functional groups attached to an aromatic ring is 1. The second-order valence-corrected chi connectivity index (χ2v) is 17.2. The Bertz CT molecular complexity index is 1660. The van der Waals surface area contributed by atoms with Crippen molar-refractivity contribution >= 4 is 27.1 Å². The quantitative estimate of drug-likeness (QED) is 0.0610. The number of hydrogen-bond donors (Lipinski definition) is 13. The highest BCUT2D eigenvalue weighted by Gasteiger charge is 2.53. The van der Waals surface area contributed by atoms with Gasteiger partial charge < -0.3 is 90.3 Å². The molecule has 26 nitrogen and oxygen atoms in total. The molecule has 3 unspecified atom stereocenters. The molecule has 4 rings (SSSR count). The van der Waals surface area contributed by atoms with Gasteiger partial charge in [0, 0.05) is 26.7 Å². The van der Waals surface area contributed by atoms with E-state index in [-0.39, 0.29) is 5.82 Å².